The van der Waals surface area contributed by atoms with E-state index in [9.17, 15) is 9.59 Å². The lowest BCUT2D eigenvalue weighted by Crippen LogP contribution is -2.37. The summed E-state index contributed by atoms with van der Waals surface area (Å²) in [6.45, 7) is 5.31. The molecule has 4 rings (SSSR count). The van der Waals surface area contributed by atoms with Crippen LogP contribution in [-0.4, -0.2) is 47.8 Å². The molecular weight excluding hydrogens is 312 g/mol. The quantitative estimate of drug-likeness (QED) is 0.722. The molecule has 0 spiro atoms. The third-order valence-corrected chi connectivity index (χ3v) is 5.82. The Morgan fingerprint density at radius 3 is 2.74 bits per heavy atom. The number of ketones is 2. The fourth-order valence-corrected chi connectivity index (χ4v) is 4.34. The number of aromatic nitrogens is 1. The van der Waals surface area contributed by atoms with Crippen molar-refractivity contribution < 1.29 is 14.3 Å². The number of hydrogen-bond acceptors (Lipinski definition) is 6. The number of ether oxygens (including phenoxy) is 1. The molecule has 23 heavy (non-hydrogen) atoms. The fourth-order valence-electron chi connectivity index (χ4n) is 3.14. The highest BCUT2D eigenvalue weighted by atomic mass is 32.1. The Morgan fingerprint density at radius 1 is 1.17 bits per heavy atom. The summed E-state index contributed by atoms with van der Waals surface area (Å²) in [5.74, 6) is -0.165. The lowest BCUT2D eigenvalue weighted by Gasteiger charge is -2.31. The zero-order chi connectivity index (χ0) is 16.0. The van der Waals surface area contributed by atoms with Gasteiger partial charge in [-0.15, -0.1) is 11.3 Å². The van der Waals surface area contributed by atoms with E-state index in [1.807, 2.05) is 6.07 Å². The van der Waals surface area contributed by atoms with Crippen molar-refractivity contribution >= 4 is 22.9 Å². The maximum Gasteiger partial charge on any atom is 0.204 e. The molecule has 1 fully saturated rings. The van der Waals surface area contributed by atoms with Crippen molar-refractivity contribution in [2.24, 2.45) is 0 Å². The van der Waals surface area contributed by atoms with Crippen LogP contribution >= 0.6 is 11.3 Å². The maximum absolute atomic E-state index is 12.7. The molecule has 2 aromatic heterocycles. The third-order valence-electron chi connectivity index (χ3n) is 4.52. The topological polar surface area (TPSA) is 59.5 Å². The molecule has 0 N–H and O–H groups in total. The highest BCUT2D eigenvalue weighted by molar-refractivity contribution is 7.14. The molecule has 3 heterocycles. The molecule has 0 saturated carbocycles. The average Bonchev–Trinajstić information content (AvgIpc) is 3.05. The first-order chi connectivity index (χ1) is 11.2. The van der Waals surface area contributed by atoms with Gasteiger partial charge in [-0.1, -0.05) is 0 Å². The van der Waals surface area contributed by atoms with Crippen LogP contribution in [0.5, 0.6) is 0 Å². The largest absolute Gasteiger partial charge is 0.379 e. The smallest absolute Gasteiger partial charge is 0.204 e. The number of hydrogen-bond donors (Lipinski definition) is 0. The van der Waals surface area contributed by atoms with Crippen LogP contribution in [0.15, 0.2) is 24.5 Å². The van der Waals surface area contributed by atoms with Gasteiger partial charge in [-0.2, -0.15) is 0 Å². The van der Waals surface area contributed by atoms with Crippen LogP contribution in [0.25, 0.3) is 0 Å². The normalized spacial score (nSPS) is 19.3. The maximum atomic E-state index is 12.7. The second kappa shape index (κ2) is 5.63. The lowest BCUT2D eigenvalue weighted by atomic mass is 9.90. The van der Waals surface area contributed by atoms with Crippen LogP contribution < -0.4 is 0 Å². The van der Waals surface area contributed by atoms with Gasteiger partial charge in [0, 0.05) is 47.5 Å². The minimum atomic E-state index is -0.0978. The summed E-state index contributed by atoms with van der Waals surface area (Å²) in [7, 11) is 0. The molecule has 2 aromatic rings. The number of thiophene rings is 1. The standard InChI is InChI=1S/C17H16N2O3S/c1-10(19-4-6-22-7-5-19)14-8-12-15(20)13-9-18-3-2-11(13)16(21)17(12)23-14/h2-3,8-10H,4-7H2,1H3. The molecule has 0 amide bonds. The van der Waals surface area contributed by atoms with E-state index in [2.05, 4.69) is 16.8 Å². The predicted molar refractivity (Wildman–Crippen MR) is 86.2 cm³/mol. The Bertz CT molecular complexity index is 740. The summed E-state index contributed by atoms with van der Waals surface area (Å²) in [6, 6.07) is 3.69. The first-order valence-electron chi connectivity index (χ1n) is 7.65. The van der Waals surface area contributed by atoms with Crippen molar-refractivity contribution in [3.05, 3.63) is 51.0 Å². The summed E-state index contributed by atoms with van der Waals surface area (Å²) in [5, 5.41) is 0. The summed E-state index contributed by atoms with van der Waals surface area (Å²) in [5.41, 5.74) is 1.40. The second-order valence-electron chi connectivity index (χ2n) is 5.80. The van der Waals surface area contributed by atoms with Crippen molar-refractivity contribution in [1.29, 1.82) is 0 Å². The zero-order valence-electron chi connectivity index (χ0n) is 12.7. The SMILES string of the molecule is CC(c1cc2c(s1)C(=O)c1ccncc1C2=O)N1CCOCC1. The Hall–Kier alpha value is -1.89. The van der Waals surface area contributed by atoms with Crippen LogP contribution in [0.4, 0.5) is 0 Å². The summed E-state index contributed by atoms with van der Waals surface area (Å²) < 4.78 is 5.39. The van der Waals surface area contributed by atoms with Crippen molar-refractivity contribution in [2.75, 3.05) is 26.3 Å². The summed E-state index contributed by atoms with van der Waals surface area (Å²) >= 11 is 1.44. The van der Waals surface area contributed by atoms with Crippen molar-refractivity contribution in [2.45, 2.75) is 13.0 Å². The Morgan fingerprint density at radius 2 is 1.96 bits per heavy atom. The minimum absolute atomic E-state index is 0.0672. The molecule has 1 aliphatic heterocycles. The minimum Gasteiger partial charge on any atom is -0.379 e. The van der Waals surface area contributed by atoms with Gasteiger partial charge in [0.25, 0.3) is 0 Å². The molecule has 0 aromatic carbocycles. The number of fused-ring (bicyclic) bond motifs is 2. The van der Waals surface area contributed by atoms with Gasteiger partial charge in [0.05, 0.1) is 23.7 Å². The van der Waals surface area contributed by atoms with E-state index in [1.54, 1.807) is 12.3 Å². The number of pyridine rings is 1. The van der Waals surface area contributed by atoms with E-state index in [-0.39, 0.29) is 17.6 Å². The molecule has 1 unspecified atom stereocenters. The number of carbonyl (C=O) groups excluding carboxylic acids is 2. The molecule has 0 radical (unpaired) electrons. The number of rotatable bonds is 2. The van der Waals surface area contributed by atoms with Gasteiger partial charge in [-0.3, -0.25) is 19.5 Å². The summed E-state index contributed by atoms with van der Waals surface area (Å²) in [4.78, 5) is 33.2. The molecule has 0 bridgehead atoms. The van der Waals surface area contributed by atoms with E-state index in [0.717, 1.165) is 31.2 Å². The van der Waals surface area contributed by atoms with Crippen LogP contribution in [0.3, 0.4) is 0 Å². The monoisotopic (exact) mass is 328 g/mol. The predicted octanol–water partition coefficient (Wildman–Crippen LogP) is 2.31. The molecule has 118 valence electrons. The van der Waals surface area contributed by atoms with Gasteiger partial charge >= 0.3 is 0 Å². The highest BCUT2D eigenvalue weighted by Crippen LogP contribution is 2.36. The summed E-state index contributed by atoms with van der Waals surface area (Å²) in [6.07, 6.45) is 3.04. The zero-order valence-corrected chi connectivity index (χ0v) is 13.6. The Labute approximate surface area is 137 Å². The molecule has 6 heteroatoms. The van der Waals surface area contributed by atoms with Crippen LogP contribution in [0, 0.1) is 0 Å². The van der Waals surface area contributed by atoms with Gasteiger partial charge in [-0.05, 0) is 19.1 Å². The third kappa shape index (κ3) is 2.34. The van der Waals surface area contributed by atoms with Gasteiger partial charge in [0.2, 0.25) is 5.78 Å². The number of nitrogens with zero attached hydrogens (tertiary/aromatic N) is 2. The van der Waals surface area contributed by atoms with Crippen molar-refractivity contribution in [3.63, 3.8) is 0 Å². The Balaban J connectivity index is 1.72. The van der Waals surface area contributed by atoms with E-state index in [1.165, 1.54) is 17.5 Å². The van der Waals surface area contributed by atoms with E-state index in [4.69, 9.17) is 4.74 Å². The van der Waals surface area contributed by atoms with Crippen LogP contribution in [-0.2, 0) is 4.74 Å². The molecule has 5 nitrogen and oxygen atoms in total. The van der Waals surface area contributed by atoms with Gasteiger partial charge < -0.3 is 4.74 Å². The van der Waals surface area contributed by atoms with Gasteiger partial charge in [-0.25, -0.2) is 0 Å². The van der Waals surface area contributed by atoms with Gasteiger partial charge in [0.1, 0.15) is 0 Å². The van der Waals surface area contributed by atoms with E-state index < -0.39 is 0 Å². The van der Waals surface area contributed by atoms with E-state index >= 15 is 0 Å². The molecular formula is C17H16N2O3S. The number of carbonyl (C=O) groups is 2. The fraction of sp³-hybridized carbons (Fsp3) is 0.353. The molecule has 1 atom stereocenters. The highest BCUT2D eigenvalue weighted by Gasteiger charge is 2.33. The number of morpholine rings is 1. The molecule has 1 aliphatic carbocycles. The first-order valence-corrected chi connectivity index (χ1v) is 8.47. The van der Waals surface area contributed by atoms with Crippen molar-refractivity contribution in [1.82, 2.24) is 9.88 Å². The average molecular weight is 328 g/mol. The van der Waals surface area contributed by atoms with Crippen molar-refractivity contribution in [3.8, 4) is 0 Å². The first kappa shape index (κ1) is 14.7. The molecule has 1 saturated heterocycles. The van der Waals surface area contributed by atoms with Crippen LogP contribution in [0.1, 0.15) is 49.0 Å². The van der Waals surface area contributed by atoms with Gasteiger partial charge in [0.15, 0.2) is 5.78 Å². The van der Waals surface area contributed by atoms with Crippen LogP contribution in [0.2, 0.25) is 0 Å². The second-order valence-corrected chi connectivity index (χ2v) is 6.88. The molecule has 2 aliphatic rings. The van der Waals surface area contributed by atoms with E-state index in [0.29, 0.717) is 21.6 Å². The lowest BCUT2D eigenvalue weighted by molar-refractivity contribution is 0.0205. The Kier molecular flexibility index (Phi) is 3.60.